The molecule has 0 aliphatic heterocycles. The summed E-state index contributed by atoms with van der Waals surface area (Å²) >= 11 is 0. The average Bonchev–Trinajstić information content (AvgIpc) is 2.15. The van der Waals surface area contributed by atoms with E-state index in [1.807, 2.05) is 30.3 Å². The van der Waals surface area contributed by atoms with Crippen LogP contribution in [0.25, 0.3) is 10.8 Å². The van der Waals surface area contributed by atoms with Crippen molar-refractivity contribution in [2.75, 3.05) is 0 Å². The first-order valence-corrected chi connectivity index (χ1v) is 6.03. The molecule has 0 spiro atoms. The van der Waals surface area contributed by atoms with Gasteiger partial charge in [-0.05, 0) is 16.3 Å². The van der Waals surface area contributed by atoms with Crippen LogP contribution in [0.4, 0.5) is 0 Å². The van der Waals surface area contributed by atoms with Crippen molar-refractivity contribution in [3.8, 4) is 0 Å². The van der Waals surface area contributed by atoms with E-state index in [9.17, 15) is 13.0 Å². The molecule has 15 heavy (non-hydrogen) atoms. The second-order valence-electron chi connectivity index (χ2n) is 3.38. The minimum absolute atomic E-state index is 0.447. The molecular formula is C11H9O3S. The van der Waals surface area contributed by atoms with Gasteiger partial charge >= 0.3 is 0 Å². The Kier molecular flexibility index (Phi) is 2.46. The summed E-state index contributed by atoms with van der Waals surface area (Å²) in [4.78, 5) is 0. The van der Waals surface area contributed by atoms with Crippen LogP contribution in [-0.2, 0) is 20.4 Å². The van der Waals surface area contributed by atoms with Crippen LogP contribution in [0.5, 0.6) is 0 Å². The zero-order chi connectivity index (χ0) is 10.9. The van der Waals surface area contributed by atoms with Crippen molar-refractivity contribution in [1.29, 1.82) is 0 Å². The Balaban J connectivity index is 2.48. The molecule has 0 saturated heterocycles. The minimum atomic E-state index is -4.20. The Hall–Kier alpha value is -1.39. The summed E-state index contributed by atoms with van der Waals surface area (Å²) in [5, 5.41) is 1.98. The number of hydrogen-bond acceptors (Lipinski definition) is 2. The predicted molar refractivity (Wildman–Crippen MR) is 57.3 cm³/mol. The molecule has 0 aliphatic rings. The van der Waals surface area contributed by atoms with Gasteiger partial charge in [-0.25, -0.2) is 0 Å². The van der Waals surface area contributed by atoms with Gasteiger partial charge < -0.3 is 0 Å². The van der Waals surface area contributed by atoms with Crippen LogP contribution in [0.15, 0.2) is 42.5 Å². The first-order valence-electron chi connectivity index (χ1n) is 4.46. The van der Waals surface area contributed by atoms with E-state index in [-0.39, 0.29) is 0 Å². The summed E-state index contributed by atoms with van der Waals surface area (Å²) in [6.07, 6.45) is 0. The second-order valence-corrected chi connectivity index (χ2v) is 4.79. The van der Waals surface area contributed by atoms with Crippen LogP contribution < -0.4 is 0 Å². The minimum Gasteiger partial charge on any atom is -0.197 e. The van der Waals surface area contributed by atoms with Crippen LogP contribution >= 0.6 is 0 Å². The summed E-state index contributed by atoms with van der Waals surface area (Å²) in [5.41, 5.74) is 0.531. The highest BCUT2D eigenvalue weighted by Crippen LogP contribution is 2.16. The van der Waals surface area contributed by atoms with Gasteiger partial charge in [0.25, 0.3) is 10.1 Å². The molecule has 0 bridgehead atoms. The first-order chi connectivity index (χ1) is 7.04. The lowest BCUT2D eigenvalue weighted by Gasteiger charge is -2.00. The van der Waals surface area contributed by atoms with Crippen molar-refractivity contribution >= 4 is 20.9 Å². The molecule has 0 aliphatic carbocycles. The summed E-state index contributed by atoms with van der Waals surface area (Å²) in [7, 11) is -4.20. The summed E-state index contributed by atoms with van der Waals surface area (Å²) in [5.74, 6) is -0.447. The van der Waals surface area contributed by atoms with Crippen LogP contribution in [0.2, 0.25) is 0 Å². The largest absolute Gasteiger partial charge is 0.298 e. The zero-order valence-corrected chi connectivity index (χ0v) is 8.70. The maximum Gasteiger partial charge on any atom is 0.298 e. The molecule has 1 radical (unpaired) electrons. The molecule has 4 heteroatoms. The van der Waals surface area contributed by atoms with Crippen LogP contribution in [-0.4, -0.2) is 8.42 Å². The monoisotopic (exact) mass is 221 g/mol. The average molecular weight is 221 g/mol. The van der Waals surface area contributed by atoms with Crippen LogP contribution in [0.1, 0.15) is 5.56 Å². The summed E-state index contributed by atoms with van der Waals surface area (Å²) < 4.78 is 31.7. The Labute approximate surface area is 88.1 Å². The normalized spacial score (nSPS) is 11.8. The molecule has 2 rings (SSSR count). The Morgan fingerprint density at radius 2 is 1.60 bits per heavy atom. The molecule has 2 aromatic carbocycles. The van der Waals surface area contributed by atoms with Crippen molar-refractivity contribution in [2.45, 2.75) is 5.75 Å². The van der Waals surface area contributed by atoms with E-state index in [0.717, 1.165) is 10.8 Å². The SMILES string of the molecule is [O]S(=O)(=O)Cc1ccc2ccccc2c1. The van der Waals surface area contributed by atoms with E-state index >= 15 is 0 Å². The molecule has 3 nitrogen and oxygen atoms in total. The molecule has 0 N–H and O–H groups in total. The Bertz CT molecular complexity index is 588. The highest BCUT2D eigenvalue weighted by atomic mass is 32.2. The van der Waals surface area contributed by atoms with Gasteiger partial charge in [0.2, 0.25) is 0 Å². The first kappa shape index (κ1) is 10.1. The van der Waals surface area contributed by atoms with Gasteiger partial charge in [-0.1, -0.05) is 47.0 Å². The van der Waals surface area contributed by atoms with E-state index in [0.29, 0.717) is 5.56 Å². The predicted octanol–water partition coefficient (Wildman–Crippen LogP) is 2.10. The van der Waals surface area contributed by atoms with Crippen LogP contribution in [0.3, 0.4) is 0 Å². The lowest BCUT2D eigenvalue weighted by molar-refractivity contribution is 0.413. The second kappa shape index (κ2) is 3.64. The maximum atomic E-state index is 10.6. The molecule has 0 heterocycles. The van der Waals surface area contributed by atoms with E-state index in [1.165, 1.54) is 0 Å². The molecule has 0 aromatic heterocycles. The van der Waals surface area contributed by atoms with E-state index < -0.39 is 15.9 Å². The van der Waals surface area contributed by atoms with Gasteiger partial charge in [-0.3, -0.25) is 0 Å². The van der Waals surface area contributed by atoms with Gasteiger partial charge in [0, 0.05) is 0 Å². The molecule has 0 saturated carbocycles. The Morgan fingerprint density at radius 1 is 0.933 bits per heavy atom. The Morgan fingerprint density at radius 3 is 2.27 bits per heavy atom. The number of benzene rings is 2. The van der Waals surface area contributed by atoms with Gasteiger partial charge in [0.1, 0.15) is 5.75 Å². The molecular weight excluding hydrogens is 212 g/mol. The smallest absolute Gasteiger partial charge is 0.197 e. The van der Waals surface area contributed by atoms with Crippen LogP contribution in [0, 0.1) is 0 Å². The van der Waals surface area contributed by atoms with Crippen molar-refractivity contribution in [1.82, 2.24) is 0 Å². The van der Waals surface area contributed by atoms with Crippen molar-refractivity contribution in [3.63, 3.8) is 0 Å². The number of rotatable bonds is 2. The lowest BCUT2D eigenvalue weighted by atomic mass is 10.1. The fourth-order valence-corrected chi connectivity index (χ4v) is 2.12. The molecule has 0 fully saturated rings. The van der Waals surface area contributed by atoms with Gasteiger partial charge in [0.15, 0.2) is 0 Å². The molecule has 77 valence electrons. The van der Waals surface area contributed by atoms with Crippen molar-refractivity contribution in [2.24, 2.45) is 0 Å². The fraction of sp³-hybridized carbons (Fsp3) is 0.0909. The van der Waals surface area contributed by atoms with E-state index in [4.69, 9.17) is 0 Å². The standard InChI is InChI=1S/C11H9O3S/c12-15(13,14)8-9-5-6-10-3-1-2-4-11(10)7-9/h1-7H,8H2. The lowest BCUT2D eigenvalue weighted by Crippen LogP contribution is -1.99. The summed E-state index contributed by atoms with van der Waals surface area (Å²) in [6, 6.07) is 12.8. The fourth-order valence-electron chi connectivity index (χ4n) is 1.53. The van der Waals surface area contributed by atoms with E-state index in [1.54, 1.807) is 12.1 Å². The van der Waals surface area contributed by atoms with Gasteiger partial charge in [-0.2, -0.15) is 8.42 Å². The molecule has 0 atom stereocenters. The highest BCUT2D eigenvalue weighted by Gasteiger charge is 2.08. The van der Waals surface area contributed by atoms with Gasteiger partial charge in [-0.15, -0.1) is 0 Å². The van der Waals surface area contributed by atoms with Gasteiger partial charge in [0.05, 0.1) is 0 Å². The van der Waals surface area contributed by atoms with Crippen molar-refractivity contribution < 1.29 is 13.0 Å². The third-order valence-electron chi connectivity index (χ3n) is 2.16. The number of hydrogen-bond donors (Lipinski definition) is 0. The topological polar surface area (TPSA) is 54.0 Å². The van der Waals surface area contributed by atoms with E-state index in [2.05, 4.69) is 0 Å². The molecule has 2 aromatic rings. The third-order valence-corrected chi connectivity index (χ3v) is 2.84. The zero-order valence-electron chi connectivity index (χ0n) is 7.88. The number of fused-ring (bicyclic) bond motifs is 1. The molecule has 0 amide bonds. The third kappa shape index (κ3) is 2.55. The molecule has 0 unspecified atom stereocenters. The summed E-state index contributed by atoms with van der Waals surface area (Å²) in [6.45, 7) is 0. The maximum absolute atomic E-state index is 10.6. The quantitative estimate of drug-likeness (QED) is 0.779. The highest BCUT2D eigenvalue weighted by molar-refractivity contribution is 7.84. The van der Waals surface area contributed by atoms with Crippen molar-refractivity contribution in [3.05, 3.63) is 48.0 Å².